The Hall–Kier alpha value is -1.55. The molecule has 0 aliphatic carbocycles. The van der Waals surface area contributed by atoms with E-state index in [2.05, 4.69) is 17.3 Å². The van der Waals surface area contributed by atoms with E-state index >= 15 is 0 Å². The summed E-state index contributed by atoms with van der Waals surface area (Å²) in [5.74, 6) is 0.421. The molecule has 1 aromatic rings. The van der Waals surface area contributed by atoms with Crippen LogP contribution in [0.15, 0.2) is 18.2 Å². The molecule has 2 N–H and O–H groups in total. The monoisotopic (exact) mass is 262 g/mol. The van der Waals surface area contributed by atoms with E-state index in [9.17, 15) is 9.90 Å². The van der Waals surface area contributed by atoms with Gasteiger partial charge >= 0.3 is 0 Å². The Kier molecular flexibility index (Phi) is 4.43. The fourth-order valence-electron chi connectivity index (χ4n) is 2.43. The van der Waals surface area contributed by atoms with Gasteiger partial charge in [0.25, 0.3) is 5.91 Å². The van der Waals surface area contributed by atoms with Crippen LogP contribution in [0.25, 0.3) is 0 Å². The number of rotatable bonds is 3. The molecule has 0 unspecified atom stereocenters. The van der Waals surface area contributed by atoms with Gasteiger partial charge in [-0.15, -0.1) is 0 Å². The molecular formula is C15H22N2O2. The van der Waals surface area contributed by atoms with Crippen molar-refractivity contribution in [1.82, 2.24) is 10.2 Å². The lowest BCUT2D eigenvalue weighted by Crippen LogP contribution is -2.36. The topological polar surface area (TPSA) is 52.6 Å². The highest BCUT2D eigenvalue weighted by Gasteiger charge is 2.18. The van der Waals surface area contributed by atoms with Crippen molar-refractivity contribution in [3.63, 3.8) is 0 Å². The molecule has 1 aliphatic heterocycles. The van der Waals surface area contributed by atoms with Gasteiger partial charge in [-0.2, -0.15) is 0 Å². The van der Waals surface area contributed by atoms with Crippen LogP contribution in [0, 0.1) is 12.8 Å². The zero-order valence-electron chi connectivity index (χ0n) is 11.6. The number of carbonyl (C=O) groups excluding carboxylic acids is 1. The largest absolute Gasteiger partial charge is 0.507 e. The van der Waals surface area contributed by atoms with E-state index in [1.54, 1.807) is 12.1 Å². The minimum Gasteiger partial charge on any atom is -0.507 e. The van der Waals surface area contributed by atoms with E-state index in [0.29, 0.717) is 18.0 Å². The van der Waals surface area contributed by atoms with Crippen molar-refractivity contribution in [3.8, 4) is 5.75 Å². The van der Waals surface area contributed by atoms with Crippen molar-refractivity contribution in [3.05, 3.63) is 29.3 Å². The molecule has 4 nitrogen and oxygen atoms in total. The number of amides is 1. The van der Waals surface area contributed by atoms with E-state index in [4.69, 9.17) is 0 Å². The first-order valence-corrected chi connectivity index (χ1v) is 6.82. The lowest BCUT2D eigenvalue weighted by Gasteiger charge is -2.28. The predicted octanol–water partition coefficient (Wildman–Crippen LogP) is 1.77. The Morgan fingerprint density at radius 2 is 2.11 bits per heavy atom. The van der Waals surface area contributed by atoms with Gasteiger partial charge in [0.2, 0.25) is 0 Å². The van der Waals surface area contributed by atoms with Gasteiger partial charge in [0.05, 0.1) is 5.56 Å². The average molecular weight is 262 g/mol. The highest BCUT2D eigenvalue weighted by atomic mass is 16.3. The second kappa shape index (κ2) is 6.06. The zero-order valence-corrected chi connectivity index (χ0v) is 11.6. The van der Waals surface area contributed by atoms with Crippen molar-refractivity contribution >= 4 is 5.91 Å². The molecule has 0 radical (unpaired) electrons. The minimum absolute atomic E-state index is 0.0564. The van der Waals surface area contributed by atoms with Crippen LogP contribution in [0.2, 0.25) is 0 Å². The molecule has 1 aromatic carbocycles. The fraction of sp³-hybridized carbons (Fsp3) is 0.533. The number of benzene rings is 1. The van der Waals surface area contributed by atoms with Crippen LogP contribution in [0.1, 0.15) is 28.8 Å². The number of piperidine rings is 1. The van der Waals surface area contributed by atoms with Crippen LogP contribution >= 0.6 is 0 Å². The van der Waals surface area contributed by atoms with Gasteiger partial charge in [-0.25, -0.2) is 0 Å². The van der Waals surface area contributed by atoms with Crippen molar-refractivity contribution in [2.24, 2.45) is 5.92 Å². The molecule has 0 bridgehead atoms. The molecule has 0 spiro atoms. The summed E-state index contributed by atoms with van der Waals surface area (Å²) in [6.07, 6.45) is 2.24. The molecule has 1 aliphatic rings. The zero-order chi connectivity index (χ0) is 13.8. The third-order valence-electron chi connectivity index (χ3n) is 3.79. The standard InChI is InChI=1S/C15H22N2O2/c1-11-3-4-13(14(18)9-11)15(19)16-10-12-5-7-17(2)8-6-12/h3-4,9,12,18H,5-8,10H2,1-2H3,(H,16,19). The van der Waals surface area contributed by atoms with Crippen LogP contribution in [0.4, 0.5) is 0 Å². The lowest BCUT2D eigenvalue weighted by atomic mass is 9.97. The molecule has 1 fully saturated rings. The SMILES string of the molecule is Cc1ccc(C(=O)NCC2CCN(C)CC2)c(O)c1. The van der Waals surface area contributed by atoms with E-state index in [1.807, 2.05) is 13.0 Å². The van der Waals surface area contributed by atoms with Gasteiger partial charge in [0.1, 0.15) is 5.75 Å². The molecule has 19 heavy (non-hydrogen) atoms. The molecule has 4 heteroatoms. The predicted molar refractivity (Wildman–Crippen MR) is 75.4 cm³/mol. The highest BCUT2D eigenvalue weighted by molar-refractivity contribution is 5.96. The second-order valence-electron chi connectivity index (χ2n) is 5.48. The summed E-state index contributed by atoms with van der Waals surface area (Å²) in [4.78, 5) is 14.3. The molecular weight excluding hydrogens is 240 g/mol. The van der Waals surface area contributed by atoms with Crippen LogP contribution in [0.5, 0.6) is 5.75 Å². The van der Waals surface area contributed by atoms with Crippen LogP contribution in [-0.2, 0) is 0 Å². The van der Waals surface area contributed by atoms with Crippen LogP contribution in [0.3, 0.4) is 0 Å². The van der Waals surface area contributed by atoms with Gasteiger partial charge in [-0.3, -0.25) is 4.79 Å². The number of nitrogens with one attached hydrogen (secondary N) is 1. The first kappa shape index (κ1) is 13.9. The molecule has 1 heterocycles. The van der Waals surface area contributed by atoms with Crippen LogP contribution < -0.4 is 5.32 Å². The van der Waals surface area contributed by atoms with Crippen molar-refractivity contribution in [2.75, 3.05) is 26.7 Å². The number of aryl methyl sites for hydroxylation is 1. The van der Waals surface area contributed by atoms with E-state index in [1.165, 1.54) is 0 Å². The average Bonchev–Trinajstić information content (AvgIpc) is 2.37. The maximum atomic E-state index is 12.0. The van der Waals surface area contributed by atoms with Crippen LogP contribution in [-0.4, -0.2) is 42.6 Å². The maximum absolute atomic E-state index is 12.0. The normalized spacial score (nSPS) is 17.4. The quantitative estimate of drug-likeness (QED) is 0.873. The maximum Gasteiger partial charge on any atom is 0.255 e. The number of nitrogens with zero attached hydrogens (tertiary/aromatic N) is 1. The molecule has 104 valence electrons. The van der Waals surface area contributed by atoms with Gasteiger partial charge in [0.15, 0.2) is 0 Å². The van der Waals surface area contributed by atoms with Gasteiger partial charge < -0.3 is 15.3 Å². The van der Waals surface area contributed by atoms with E-state index in [0.717, 1.165) is 31.5 Å². The number of phenols is 1. The summed E-state index contributed by atoms with van der Waals surface area (Å²) in [7, 11) is 2.12. The second-order valence-corrected chi connectivity index (χ2v) is 5.48. The minimum atomic E-state index is -0.184. The Labute approximate surface area is 114 Å². The van der Waals surface area contributed by atoms with E-state index in [-0.39, 0.29) is 11.7 Å². The molecule has 0 atom stereocenters. The summed E-state index contributed by atoms with van der Waals surface area (Å²) in [6.45, 7) is 4.77. The number of hydrogen-bond acceptors (Lipinski definition) is 3. The summed E-state index contributed by atoms with van der Waals surface area (Å²) in [5.41, 5.74) is 1.31. The molecule has 0 aromatic heterocycles. The summed E-state index contributed by atoms with van der Waals surface area (Å²) in [5, 5.41) is 12.7. The van der Waals surface area contributed by atoms with Gasteiger partial charge in [0, 0.05) is 6.54 Å². The third-order valence-corrected chi connectivity index (χ3v) is 3.79. The van der Waals surface area contributed by atoms with Gasteiger partial charge in [-0.1, -0.05) is 6.07 Å². The molecule has 1 saturated heterocycles. The summed E-state index contributed by atoms with van der Waals surface area (Å²) >= 11 is 0. The fourth-order valence-corrected chi connectivity index (χ4v) is 2.43. The van der Waals surface area contributed by atoms with Gasteiger partial charge in [-0.05, 0) is 63.5 Å². The Balaban J connectivity index is 1.87. The highest BCUT2D eigenvalue weighted by Crippen LogP contribution is 2.19. The number of aromatic hydroxyl groups is 1. The Morgan fingerprint density at radius 1 is 1.42 bits per heavy atom. The van der Waals surface area contributed by atoms with Crippen molar-refractivity contribution in [2.45, 2.75) is 19.8 Å². The Bertz CT molecular complexity index is 451. The smallest absolute Gasteiger partial charge is 0.255 e. The molecule has 0 saturated carbocycles. The Morgan fingerprint density at radius 3 is 2.74 bits per heavy atom. The molecule has 2 rings (SSSR count). The first-order chi connectivity index (χ1) is 9.06. The van der Waals surface area contributed by atoms with Crippen molar-refractivity contribution in [1.29, 1.82) is 0 Å². The third kappa shape index (κ3) is 3.70. The molecule has 1 amide bonds. The number of likely N-dealkylation sites (tertiary alicyclic amines) is 1. The van der Waals surface area contributed by atoms with E-state index < -0.39 is 0 Å². The summed E-state index contributed by atoms with van der Waals surface area (Å²) < 4.78 is 0. The lowest BCUT2D eigenvalue weighted by molar-refractivity contribution is 0.0936. The van der Waals surface area contributed by atoms with Crippen molar-refractivity contribution < 1.29 is 9.90 Å². The number of phenolic OH excluding ortho intramolecular Hbond substituents is 1. The summed E-state index contributed by atoms with van der Waals surface area (Å²) in [6, 6.07) is 5.13. The number of carbonyl (C=O) groups is 1. The number of hydrogen-bond donors (Lipinski definition) is 2. The first-order valence-electron chi connectivity index (χ1n) is 6.82.